The molecule has 0 spiro atoms. The van der Waals surface area contributed by atoms with E-state index in [0.717, 1.165) is 55.5 Å². The van der Waals surface area contributed by atoms with Crippen LogP contribution in [0.2, 0.25) is 0 Å². The van der Waals surface area contributed by atoms with E-state index in [1.807, 2.05) is 0 Å². The number of furan rings is 1. The number of rotatable bonds is 8. The molecule has 0 amide bonds. The van der Waals surface area contributed by atoms with Crippen molar-refractivity contribution in [2.75, 3.05) is 4.90 Å². The highest BCUT2D eigenvalue weighted by Gasteiger charge is 2.24. The van der Waals surface area contributed by atoms with Crippen molar-refractivity contribution in [3.8, 4) is 55.6 Å². The highest BCUT2D eigenvalue weighted by Crippen LogP contribution is 2.49. The molecular weight excluding hydrogens is 823 g/mol. The first kappa shape index (κ1) is 39.4. The molecule has 0 saturated carbocycles. The van der Waals surface area contributed by atoms with Gasteiger partial charge in [0.25, 0.3) is 0 Å². The Hall–Kier alpha value is -8.98. The van der Waals surface area contributed by atoms with Crippen molar-refractivity contribution < 1.29 is 4.42 Å². The third kappa shape index (κ3) is 6.73. The fourth-order valence-corrected chi connectivity index (χ4v) is 10.4. The highest BCUT2D eigenvalue weighted by atomic mass is 16.3. The molecule has 2 heteroatoms. The second-order valence-electron chi connectivity index (χ2n) is 17.6. The van der Waals surface area contributed by atoms with E-state index in [-0.39, 0.29) is 0 Å². The van der Waals surface area contributed by atoms with Crippen LogP contribution in [0.25, 0.3) is 110 Å². The topological polar surface area (TPSA) is 16.4 Å². The van der Waals surface area contributed by atoms with Crippen LogP contribution in [-0.2, 0) is 0 Å². The summed E-state index contributed by atoms with van der Waals surface area (Å²) in [5.74, 6) is 0. The van der Waals surface area contributed by atoms with Crippen molar-refractivity contribution in [3.05, 3.63) is 261 Å². The Labute approximate surface area is 395 Å². The molecule has 318 valence electrons. The zero-order chi connectivity index (χ0) is 45.0. The highest BCUT2D eigenvalue weighted by molar-refractivity contribution is 6.18. The van der Waals surface area contributed by atoms with Gasteiger partial charge in [-0.2, -0.15) is 0 Å². The molecule has 0 unspecified atom stereocenters. The Balaban J connectivity index is 0.989. The summed E-state index contributed by atoms with van der Waals surface area (Å²) in [6.45, 7) is 0. The summed E-state index contributed by atoms with van der Waals surface area (Å²) in [5, 5.41) is 9.46. The van der Waals surface area contributed by atoms with Gasteiger partial charge in [-0.05, 0) is 119 Å². The first-order chi connectivity index (χ1) is 33.7. The van der Waals surface area contributed by atoms with Gasteiger partial charge in [0.2, 0.25) is 0 Å². The maximum absolute atomic E-state index is 7.06. The van der Waals surface area contributed by atoms with Gasteiger partial charge in [-0.15, -0.1) is 0 Å². The SMILES string of the molecule is c1ccc(-c2ccc(N(c3ccc(-c4ccc5ccccc5c4)c4ccccc34)c3ccc(-c4ccc(-c5cccc6cccc(-c7ccccc7)c56)cc4)c4c3oc3ccccc34)cc2)cc1. The fraction of sp³-hybridized carbons (Fsp3) is 0. The third-order valence-electron chi connectivity index (χ3n) is 13.7. The molecule has 13 aromatic rings. The Bertz CT molecular complexity index is 3990. The van der Waals surface area contributed by atoms with Gasteiger partial charge in [-0.25, -0.2) is 0 Å². The summed E-state index contributed by atoms with van der Waals surface area (Å²) in [7, 11) is 0. The van der Waals surface area contributed by atoms with E-state index in [4.69, 9.17) is 4.42 Å². The van der Waals surface area contributed by atoms with E-state index in [9.17, 15) is 0 Å². The molecule has 0 aliphatic rings. The lowest BCUT2D eigenvalue weighted by atomic mass is 9.90. The molecule has 13 rings (SSSR count). The number of benzene rings is 12. The minimum atomic E-state index is 0.837. The molecule has 0 radical (unpaired) electrons. The van der Waals surface area contributed by atoms with E-state index < -0.39 is 0 Å². The molecule has 1 heterocycles. The molecule has 0 bridgehead atoms. The summed E-state index contributed by atoms with van der Waals surface area (Å²) >= 11 is 0. The van der Waals surface area contributed by atoms with Crippen molar-refractivity contribution in [2.24, 2.45) is 0 Å². The van der Waals surface area contributed by atoms with Gasteiger partial charge in [0, 0.05) is 21.8 Å². The van der Waals surface area contributed by atoms with Crippen LogP contribution in [0.1, 0.15) is 0 Å². The largest absolute Gasteiger partial charge is 0.454 e. The van der Waals surface area contributed by atoms with Gasteiger partial charge in [-0.1, -0.05) is 224 Å². The lowest BCUT2D eigenvalue weighted by molar-refractivity contribution is 0.669. The Kier molecular flexibility index (Phi) is 9.54. The van der Waals surface area contributed by atoms with Crippen LogP contribution in [0.15, 0.2) is 265 Å². The van der Waals surface area contributed by atoms with E-state index in [2.05, 4.69) is 266 Å². The molecule has 2 nitrogen and oxygen atoms in total. The maximum Gasteiger partial charge on any atom is 0.160 e. The Morgan fingerprint density at radius 1 is 0.265 bits per heavy atom. The summed E-state index contributed by atoms with van der Waals surface area (Å²) in [6, 6.07) is 94.3. The summed E-state index contributed by atoms with van der Waals surface area (Å²) in [4.78, 5) is 2.39. The van der Waals surface area contributed by atoms with Gasteiger partial charge in [0.1, 0.15) is 5.58 Å². The molecule has 0 saturated heterocycles. The molecule has 0 aliphatic carbocycles. The Morgan fingerprint density at radius 2 is 0.765 bits per heavy atom. The summed E-state index contributed by atoms with van der Waals surface area (Å²) in [6.07, 6.45) is 0. The standard InChI is InChI=1S/C66H43NO/c1-3-15-44(16-4-1)46-35-37-53(38-36-46)67(61-41-39-54(58-23-9-10-24-59(58)61)52-34-29-45-17-7-8-20-51(45)43-52)62-42-40-57(65-60-25-11-12-28-63(60)68-66(62)65)49-32-30-48(31-33-49)56-27-14-22-50-21-13-26-55(64(50)56)47-18-5-2-6-19-47/h1-43H. The van der Waals surface area contributed by atoms with Gasteiger partial charge in [0.15, 0.2) is 5.58 Å². The normalized spacial score (nSPS) is 11.5. The van der Waals surface area contributed by atoms with Crippen LogP contribution in [0.3, 0.4) is 0 Å². The molecular formula is C66H43NO. The first-order valence-corrected chi connectivity index (χ1v) is 23.3. The minimum Gasteiger partial charge on any atom is -0.454 e. The number of fused-ring (bicyclic) bond motifs is 6. The van der Waals surface area contributed by atoms with E-state index >= 15 is 0 Å². The van der Waals surface area contributed by atoms with Gasteiger partial charge in [-0.3, -0.25) is 0 Å². The zero-order valence-electron chi connectivity index (χ0n) is 37.2. The van der Waals surface area contributed by atoms with Crippen LogP contribution in [0, 0.1) is 0 Å². The molecule has 0 aliphatic heterocycles. The molecule has 1 aromatic heterocycles. The van der Waals surface area contributed by atoms with Crippen molar-refractivity contribution in [2.45, 2.75) is 0 Å². The smallest absolute Gasteiger partial charge is 0.160 e. The predicted molar refractivity (Wildman–Crippen MR) is 288 cm³/mol. The number of nitrogens with zero attached hydrogens (tertiary/aromatic N) is 1. The molecule has 0 N–H and O–H groups in total. The van der Waals surface area contributed by atoms with Gasteiger partial charge < -0.3 is 9.32 Å². The second kappa shape index (κ2) is 16.5. The zero-order valence-corrected chi connectivity index (χ0v) is 37.2. The van der Waals surface area contributed by atoms with Crippen LogP contribution in [-0.4, -0.2) is 0 Å². The maximum atomic E-state index is 7.06. The summed E-state index contributed by atoms with van der Waals surface area (Å²) < 4.78 is 7.06. The number of para-hydroxylation sites is 1. The minimum absolute atomic E-state index is 0.837. The first-order valence-electron chi connectivity index (χ1n) is 23.3. The fourth-order valence-electron chi connectivity index (χ4n) is 10.4. The quantitative estimate of drug-likeness (QED) is 0.151. The third-order valence-corrected chi connectivity index (χ3v) is 13.7. The number of hydrogen-bond donors (Lipinski definition) is 0. The van der Waals surface area contributed by atoms with Crippen LogP contribution in [0.4, 0.5) is 17.1 Å². The number of anilines is 3. The summed E-state index contributed by atoms with van der Waals surface area (Å²) in [5.41, 5.74) is 16.6. The lowest BCUT2D eigenvalue weighted by Crippen LogP contribution is -2.11. The van der Waals surface area contributed by atoms with Gasteiger partial charge in [0.05, 0.1) is 11.4 Å². The monoisotopic (exact) mass is 865 g/mol. The molecule has 12 aromatic carbocycles. The number of hydrogen-bond acceptors (Lipinski definition) is 2. The molecule has 0 atom stereocenters. The van der Waals surface area contributed by atoms with Crippen LogP contribution >= 0.6 is 0 Å². The van der Waals surface area contributed by atoms with E-state index in [1.54, 1.807) is 0 Å². The average Bonchev–Trinajstić information content (AvgIpc) is 3.81. The predicted octanol–water partition coefficient (Wildman–Crippen LogP) is 18.9. The van der Waals surface area contributed by atoms with Crippen molar-refractivity contribution in [1.82, 2.24) is 0 Å². The van der Waals surface area contributed by atoms with Crippen molar-refractivity contribution in [1.29, 1.82) is 0 Å². The van der Waals surface area contributed by atoms with Crippen LogP contribution < -0.4 is 4.90 Å². The van der Waals surface area contributed by atoms with E-state index in [0.29, 0.717) is 0 Å². The van der Waals surface area contributed by atoms with Crippen molar-refractivity contribution in [3.63, 3.8) is 0 Å². The average molecular weight is 866 g/mol. The second-order valence-corrected chi connectivity index (χ2v) is 17.6. The molecule has 68 heavy (non-hydrogen) atoms. The van der Waals surface area contributed by atoms with Crippen molar-refractivity contribution >= 4 is 71.3 Å². The molecule has 0 fully saturated rings. The van der Waals surface area contributed by atoms with Crippen LogP contribution in [0.5, 0.6) is 0 Å². The lowest BCUT2D eigenvalue weighted by Gasteiger charge is -2.28. The Morgan fingerprint density at radius 3 is 1.49 bits per heavy atom. The van der Waals surface area contributed by atoms with E-state index in [1.165, 1.54) is 71.4 Å². The van der Waals surface area contributed by atoms with Gasteiger partial charge >= 0.3 is 0 Å².